The van der Waals surface area contributed by atoms with Crippen LogP contribution in [0, 0.1) is 0 Å². The lowest BCUT2D eigenvalue weighted by atomic mass is 10.2. The van der Waals surface area contributed by atoms with Gasteiger partial charge in [0, 0.05) is 0 Å². The summed E-state index contributed by atoms with van der Waals surface area (Å²) in [6.45, 7) is 1.02. The molecule has 0 atom stereocenters. The average Bonchev–Trinajstić information content (AvgIpc) is 3.07. The van der Waals surface area contributed by atoms with Crippen molar-refractivity contribution < 1.29 is 0 Å². The number of benzene rings is 1. The zero-order valence-electron chi connectivity index (χ0n) is 10.9. The highest BCUT2D eigenvalue weighted by Gasteiger charge is 2.07. The molecule has 9 nitrogen and oxygen atoms in total. The molecule has 1 aromatic carbocycles. The highest BCUT2D eigenvalue weighted by Crippen LogP contribution is 2.06. The third-order valence-corrected chi connectivity index (χ3v) is 2.66. The first-order chi connectivity index (χ1) is 9.81. The van der Waals surface area contributed by atoms with E-state index in [1.807, 2.05) is 30.3 Å². The standard InChI is InChI=1S/C11H13N9/c1-19-15-10(13-17-19)7-12-11-14-16-18-20(11)8-9-5-3-2-4-6-9/h2-6H,7-8H2,1H3,(H,12,14,18). The van der Waals surface area contributed by atoms with Crippen LogP contribution in [0.25, 0.3) is 0 Å². The monoisotopic (exact) mass is 271 g/mol. The first kappa shape index (κ1) is 12.2. The maximum absolute atomic E-state index is 4.08. The number of tetrazole rings is 2. The van der Waals surface area contributed by atoms with Crippen LogP contribution >= 0.6 is 0 Å². The van der Waals surface area contributed by atoms with E-state index >= 15 is 0 Å². The van der Waals surface area contributed by atoms with E-state index in [1.165, 1.54) is 4.80 Å². The molecule has 0 fully saturated rings. The summed E-state index contributed by atoms with van der Waals surface area (Å²) < 4.78 is 1.69. The predicted molar refractivity (Wildman–Crippen MR) is 69.5 cm³/mol. The smallest absolute Gasteiger partial charge is 0.243 e. The van der Waals surface area contributed by atoms with Crippen LogP contribution < -0.4 is 5.32 Å². The molecule has 102 valence electrons. The second-order valence-electron chi connectivity index (χ2n) is 4.19. The number of anilines is 1. The maximum Gasteiger partial charge on any atom is 0.243 e. The summed E-state index contributed by atoms with van der Waals surface area (Å²) in [5.41, 5.74) is 1.13. The van der Waals surface area contributed by atoms with Gasteiger partial charge in [0.15, 0.2) is 5.82 Å². The van der Waals surface area contributed by atoms with Crippen LogP contribution in [0.1, 0.15) is 11.4 Å². The van der Waals surface area contributed by atoms with Crippen molar-refractivity contribution in [3.63, 3.8) is 0 Å². The van der Waals surface area contributed by atoms with Crippen molar-refractivity contribution in [2.45, 2.75) is 13.1 Å². The Labute approximate surface area is 114 Å². The van der Waals surface area contributed by atoms with Gasteiger partial charge in [-0.15, -0.1) is 10.2 Å². The van der Waals surface area contributed by atoms with E-state index in [1.54, 1.807) is 11.7 Å². The number of nitrogens with zero attached hydrogens (tertiary/aromatic N) is 8. The molecule has 0 aliphatic heterocycles. The third kappa shape index (κ3) is 2.76. The van der Waals surface area contributed by atoms with E-state index in [0.717, 1.165) is 5.56 Å². The number of aromatic nitrogens is 8. The molecule has 0 amide bonds. The van der Waals surface area contributed by atoms with Gasteiger partial charge in [-0.2, -0.15) is 4.80 Å². The zero-order chi connectivity index (χ0) is 13.8. The van der Waals surface area contributed by atoms with E-state index in [2.05, 4.69) is 36.3 Å². The minimum Gasteiger partial charge on any atom is -0.346 e. The Hall–Kier alpha value is -2.84. The molecule has 0 radical (unpaired) electrons. The Kier molecular flexibility index (Phi) is 3.31. The van der Waals surface area contributed by atoms with E-state index in [4.69, 9.17) is 0 Å². The molecule has 2 aromatic heterocycles. The lowest BCUT2D eigenvalue weighted by Gasteiger charge is -2.05. The highest BCUT2D eigenvalue weighted by molar-refractivity contribution is 5.24. The lowest BCUT2D eigenvalue weighted by molar-refractivity contribution is 0.627. The molecular formula is C11H13N9. The summed E-state index contributed by atoms with van der Waals surface area (Å²) in [4.78, 5) is 1.41. The van der Waals surface area contributed by atoms with Gasteiger partial charge in [-0.05, 0) is 21.2 Å². The molecule has 20 heavy (non-hydrogen) atoms. The molecule has 0 saturated heterocycles. The SMILES string of the molecule is Cn1nnc(CNc2nnnn2Cc2ccccc2)n1. The summed E-state index contributed by atoms with van der Waals surface area (Å²) >= 11 is 0. The summed E-state index contributed by atoms with van der Waals surface area (Å²) in [5, 5.41) is 26.4. The molecule has 0 bridgehead atoms. The summed E-state index contributed by atoms with van der Waals surface area (Å²) in [5.74, 6) is 1.16. The molecule has 0 aliphatic rings. The fraction of sp³-hybridized carbons (Fsp3) is 0.273. The van der Waals surface area contributed by atoms with E-state index in [-0.39, 0.29) is 0 Å². The molecule has 2 heterocycles. The first-order valence-corrected chi connectivity index (χ1v) is 6.08. The van der Waals surface area contributed by atoms with Gasteiger partial charge in [0.2, 0.25) is 5.95 Å². The minimum atomic E-state index is 0.420. The first-order valence-electron chi connectivity index (χ1n) is 6.08. The second-order valence-corrected chi connectivity index (χ2v) is 4.19. The Morgan fingerprint density at radius 1 is 1.10 bits per heavy atom. The number of hydrogen-bond donors (Lipinski definition) is 1. The van der Waals surface area contributed by atoms with Crippen molar-refractivity contribution in [2.75, 3.05) is 5.32 Å². The third-order valence-electron chi connectivity index (χ3n) is 2.66. The largest absolute Gasteiger partial charge is 0.346 e. The van der Waals surface area contributed by atoms with Crippen LogP contribution in [0.4, 0.5) is 5.95 Å². The minimum absolute atomic E-state index is 0.420. The molecule has 0 saturated carbocycles. The molecule has 3 aromatic rings. The maximum atomic E-state index is 4.08. The van der Waals surface area contributed by atoms with Gasteiger partial charge in [0.25, 0.3) is 0 Å². The Bertz CT molecular complexity index is 672. The molecule has 0 spiro atoms. The Balaban J connectivity index is 1.67. The van der Waals surface area contributed by atoms with Crippen molar-refractivity contribution in [3.8, 4) is 0 Å². The zero-order valence-corrected chi connectivity index (χ0v) is 10.9. The van der Waals surface area contributed by atoms with Gasteiger partial charge in [-0.1, -0.05) is 35.4 Å². The number of nitrogens with one attached hydrogen (secondary N) is 1. The van der Waals surface area contributed by atoms with Crippen molar-refractivity contribution >= 4 is 5.95 Å². The van der Waals surface area contributed by atoms with Gasteiger partial charge in [0.1, 0.15) is 0 Å². The Morgan fingerprint density at radius 2 is 1.95 bits per heavy atom. The average molecular weight is 271 g/mol. The molecule has 9 heteroatoms. The second kappa shape index (κ2) is 5.43. The van der Waals surface area contributed by atoms with Crippen molar-refractivity contribution in [1.29, 1.82) is 0 Å². The summed E-state index contributed by atoms with van der Waals surface area (Å²) in [6.07, 6.45) is 0. The normalized spacial score (nSPS) is 10.7. The van der Waals surface area contributed by atoms with Crippen molar-refractivity contribution in [2.24, 2.45) is 7.05 Å². The van der Waals surface area contributed by atoms with Gasteiger partial charge in [0.05, 0.1) is 20.1 Å². The van der Waals surface area contributed by atoms with Gasteiger partial charge in [-0.25, -0.2) is 4.68 Å². The van der Waals surface area contributed by atoms with E-state index in [0.29, 0.717) is 24.9 Å². The van der Waals surface area contributed by atoms with Gasteiger partial charge in [-0.3, -0.25) is 0 Å². The topological polar surface area (TPSA) is 99.2 Å². The molecule has 1 N–H and O–H groups in total. The van der Waals surface area contributed by atoms with E-state index in [9.17, 15) is 0 Å². The van der Waals surface area contributed by atoms with Crippen LogP contribution in [0.3, 0.4) is 0 Å². The fourth-order valence-electron chi connectivity index (χ4n) is 1.75. The summed E-state index contributed by atoms with van der Waals surface area (Å²) in [7, 11) is 1.72. The molecular weight excluding hydrogens is 258 g/mol. The van der Waals surface area contributed by atoms with Gasteiger partial charge >= 0.3 is 0 Å². The predicted octanol–water partition coefficient (Wildman–Crippen LogP) is -0.143. The Morgan fingerprint density at radius 3 is 2.70 bits per heavy atom. The number of aryl methyl sites for hydroxylation is 1. The van der Waals surface area contributed by atoms with Crippen LogP contribution in [-0.2, 0) is 20.1 Å². The van der Waals surface area contributed by atoms with Gasteiger partial charge < -0.3 is 5.32 Å². The molecule has 3 rings (SSSR count). The molecule has 0 aliphatic carbocycles. The number of hydrogen-bond acceptors (Lipinski definition) is 7. The lowest BCUT2D eigenvalue weighted by Crippen LogP contribution is -2.10. The van der Waals surface area contributed by atoms with Crippen LogP contribution in [0.2, 0.25) is 0 Å². The van der Waals surface area contributed by atoms with Crippen molar-refractivity contribution in [3.05, 3.63) is 41.7 Å². The van der Waals surface area contributed by atoms with E-state index < -0.39 is 0 Å². The van der Waals surface area contributed by atoms with Crippen LogP contribution in [0.15, 0.2) is 30.3 Å². The van der Waals surface area contributed by atoms with Crippen LogP contribution in [0.5, 0.6) is 0 Å². The highest BCUT2D eigenvalue weighted by atomic mass is 15.6. The van der Waals surface area contributed by atoms with Crippen LogP contribution in [-0.4, -0.2) is 40.4 Å². The van der Waals surface area contributed by atoms with Crippen molar-refractivity contribution in [1.82, 2.24) is 40.4 Å². The molecule has 0 unspecified atom stereocenters. The quantitative estimate of drug-likeness (QED) is 0.689. The summed E-state index contributed by atoms with van der Waals surface area (Å²) in [6, 6.07) is 9.99. The number of rotatable bonds is 5. The fourth-order valence-corrected chi connectivity index (χ4v) is 1.75.